The zero-order valence-electron chi connectivity index (χ0n) is 18.4. The maximum absolute atomic E-state index is 13.3. The van der Waals surface area contributed by atoms with Crippen LogP contribution in [0.4, 0.5) is 0 Å². The fourth-order valence-electron chi connectivity index (χ4n) is 4.20. The molecule has 0 aliphatic carbocycles. The number of amides is 1. The number of benzene rings is 2. The second-order valence-electron chi connectivity index (χ2n) is 8.14. The van der Waals surface area contributed by atoms with E-state index < -0.39 is 0 Å². The van der Waals surface area contributed by atoms with Crippen molar-refractivity contribution in [1.82, 2.24) is 15.0 Å². The lowest BCUT2D eigenvalue weighted by Gasteiger charge is -2.32. The molecule has 2 aromatic carbocycles. The number of likely N-dealkylation sites (tertiary alicyclic amines) is 1. The Labute approximate surface area is 192 Å². The molecular formula is C26H25N3O4. The van der Waals surface area contributed by atoms with E-state index in [-0.39, 0.29) is 17.7 Å². The summed E-state index contributed by atoms with van der Waals surface area (Å²) in [5.74, 6) is 2.13. The summed E-state index contributed by atoms with van der Waals surface area (Å²) < 4.78 is 16.7. The molecule has 0 radical (unpaired) electrons. The smallest absolute Gasteiger partial charge is 0.293 e. The normalized spacial score (nSPS) is 16.0. The molecule has 7 heteroatoms. The van der Waals surface area contributed by atoms with E-state index in [1.165, 1.54) is 0 Å². The first kappa shape index (κ1) is 21.0. The van der Waals surface area contributed by atoms with Gasteiger partial charge in [0.25, 0.3) is 5.91 Å². The summed E-state index contributed by atoms with van der Waals surface area (Å²) in [4.78, 5) is 19.6. The lowest BCUT2D eigenvalue weighted by Crippen LogP contribution is -2.38. The fourth-order valence-corrected chi connectivity index (χ4v) is 4.20. The van der Waals surface area contributed by atoms with Crippen molar-refractivity contribution in [3.8, 4) is 17.0 Å². The number of oxazole rings is 1. The maximum Gasteiger partial charge on any atom is 0.293 e. The number of carbonyl (C=O) groups is 1. The van der Waals surface area contributed by atoms with Gasteiger partial charge in [-0.25, -0.2) is 4.98 Å². The maximum atomic E-state index is 13.3. The number of methoxy groups -OCH3 is 1. The molecule has 4 aromatic rings. The van der Waals surface area contributed by atoms with Gasteiger partial charge >= 0.3 is 0 Å². The van der Waals surface area contributed by atoms with Crippen LogP contribution in [0.25, 0.3) is 11.3 Å². The Hall–Kier alpha value is -3.87. The Morgan fingerprint density at radius 1 is 1.12 bits per heavy atom. The Bertz CT molecular complexity index is 1210. The molecule has 168 valence electrons. The van der Waals surface area contributed by atoms with E-state index in [1.807, 2.05) is 42.5 Å². The van der Waals surface area contributed by atoms with Crippen LogP contribution < -0.4 is 4.74 Å². The molecule has 3 heterocycles. The van der Waals surface area contributed by atoms with Crippen molar-refractivity contribution < 1.29 is 18.5 Å². The number of hydrogen-bond donors (Lipinski definition) is 0. The van der Waals surface area contributed by atoms with Crippen LogP contribution in [0.15, 0.2) is 75.8 Å². The monoisotopic (exact) mass is 443 g/mol. The highest BCUT2D eigenvalue weighted by molar-refractivity contribution is 5.92. The van der Waals surface area contributed by atoms with Crippen LogP contribution in [0.1, 0.15) is 53.1 Å². The Morgan fingerprint density at radius 3 is 2.73 bits per heavy atom. The summed E-state index contributed by atoms with van der Waals surface area (Å²) in [5.41, 5.74) is 2.62. The van der Waals surface area contributed by atoms with Crippen LogP contribution in [-0.4, -0.2) is 34.6 Å². The molecular weight excluding hydrogens is 418 g/mol. The molecule has 33 heavy (non-hydrogen) atoms. The summed E-state index contributed by atoms with van der Waals surface area (Å²) in [6.07, 6.45) is 5.17. The average Bonchev–Trinajstić information content (AvgIpc) is 3.55. The molecule has 0 saturated carbocycles. The molecule has 0 bridgehead atoms. The first-order valence-corrected chi connectivity index (χ1v) is 11.1. The van der Waals surface area contributed by atoms with E-state index in [4.69, 9.17) is 13.7 Å². The van der Waals surface area contributed by atoms with Gasteiger partial charge in [0.15, 0.2) is 0 Å². The van der Waals surface area contributed by atoms with E-state index in [2.05, 4.69) is 22.3 Å². The van der Waals surface area contributed by atoms with E-state index in [1.54, 1.807) is 24.3 Å². The van der Waals surface area contributed by atoms with E-state index in [0.29, 0.717) is 24.6 Å². The van der Waals surface area contributed by atoms with Gasteiger partial charge in [0.1, 0.15) is 23.2 Å². The molecule has 1 fully saturated rings. The lowest BCUT2D eigenvalue weighted by molar-refractivity contribution is 0.0528. The van der Waals surface area contributed by atoms with Crippen LogP contribution in [0.5, 0.6) is 5.75 Å². The van der Waals surface area contributed by atoms with E-state index >= 15 is 0 Å². The van der Waals surface area contributed by atoms with Gasteiger partial charge in [-0.05, 0) is 49.1 Å². The van der Waals surface area contributed by atoms with Crippen LogP contribution >= 0.6 is 0 Å². The topological polar surface area (TPSA) is 81.6 Å². The van der Waals surface area contributed by atoms with Gasteiger partial charge in [-0.1, -0.05) is 35.5 Å². The summed E-state index contributed by atoms with van der Waals surface area (Å²) in [6.45, 7) is 0.623. The number of rotatable bonds is 6. The van der Waals surface area contributed by atoms with Crippen LogP contribution in [0.3, 0.4) is 0 Å². The van der Waals surface area contributed by atoms with E-state index in [9.17, 15) is 4.79 Å². The summed E-state index contributed by atoms with van der Waals surface area (Å²) >= 11 is 0. The molecule has 5 rings (SSSR count). The van der Waals surface area contributed by atoms with Crippen molar-refractivity contribution in [3.63, 3.8) is 0 Å². The van der Waals surface area contributed by atoms with Gasteiger partial charge < -0.3 is 18.6 Å². The summed E-state index contributed by atoms with van der Waals surface area (Å²) in [7, 11) is 1.62. The van der Waals surface area contributed by atoms with Crippen molar-refractivity contribution >= 4 is 5.91 Å². The van der Waals surface area contributed by atoms with Crippen molar-refractivity contribution in [1.29, 1.82) is 0 Å². The number of ether oxygens (including phenoxy) is 1. The molecule has 0 N–H and O–H groups in total. The Morgan fingerprint density at radius 2 is 1.94 bits per heavy atom. The number of piperidine rings is 1. The Kier molecular flexibility index (Phi) is 5.93. The molecule has 1 aliphatic heterocycles. The molecule has 0 unspecified atom stereocenters. The molecule has 0 spiro atoms. The highest BCUT2D eigenvalue weighted by Gasteiger charge is 2.33. The highest BCUT2D eigenvalue weighted by Crippen LogP contribution is 2.33. The number of hydrogen-bond acceptors (Lipinski definition) is 6. The highest BCUT2D eigenvalue weighted by atomic mass is 16.5. The quantitative estimate of drug-likeness (QED) is 0.402. The standard InChI is InChI=1S/C26H25N3O4/c1-31-20-12-10-19(11-13-20)22-16-24(33-28-22)26(30)29-14-6-5-9-23(29)25-27-17-21(32-25)15-18-7-3-2-4-8-18/h2-4,7-8,10-13,16-17,23H,5-6,9,14-15H2,1H3/t23-/m0/s1. The number of nitrogens with zero attached hydrogens (tertiary/aromatic N) is 3. The third kappa shape index (κ3) is 4.53. The first-order chi connectivity index (χ1) is 16.2. The largest absolute Gasteiger partial charge is 0.497 e. The van der Waals surface area contributed by atoms with E-state index in [0.717, 1.165) is 41.9 Å². The minimum atomic E-state index is -0.217. The zero-order chi connectivity index (χ0) is 22.6. The van der Waals surface area contributed by atoms with Crippen LogP contribution in [-0.2, 0) is 6.42 Å². The second-order valence-corrected chi connectivity index (χ2v) is 8.14. The van der Waals surface area contributed by atoms with Gasteiger partial charge in [0.2, 0.25) is 11.7 Å². The molecule has 1 amide bonds. The van der Waals surface area contributed by atoms with Gasteiger partial charge in [0.05, 0.1) is 13.3 Å². The van der Waals surface area contributed by atoms with Gasteiger partial charge in [0, 0.05) is 24.6 Å². The third-order valence-electron chi connectivity index (χ3n) is 5.95. The first-order valence-electron chi connectivity index (χ1n) is 11.1. The SMILES string of the molecule is COc1ccc(-c2cc(C(=O)N3CCCC[C@H]3c3ncc(Cc4ccccc4)o3)on2)cc1. The van der Waals surface area contributed by atoms with Crippen molar-refractivity contribution in [2.24, 2.45) is 0 Å². The van der Waals surface area contributed by atoms with Crippen molar-refractivity contribution in [2.45, 2.75) is 31.7 Å². The third-order valence-corrected chi connectivity index (χ3v) is 5.95. The lowest BCUT2D eigenvalue weighted by atomic mass is 10.0. The molecule has 1 aliphatic rings. The number of carbonyl (C=O) groups excluding carboxylic acids is 1. The predicted molar refractivity (Wildman–Crippen MR) is 122 cm³/mol. The van der Waals surface area contributed by atoms with Gasteiger partial charge in [-0.2, -0.15) is 0 Å². The zero-order valence-corrected chi connectivity index (χ0v) is 18.4. The molecule has 7 nitrogen and oxygen atoms in total. The Balaban J connectivity index is 1.33. The van der Waals surface area contributed by atoms with Gasteiger partial charge in [-0.15, -0.1) is 0 Å². The van der Waals surface area contributed by atoms with Crippen molar-refractivity contribution in [2.75, 3.05) is 13.7 Å². The average molecular weight is 444 g/mol. The molecule has 1 saturated heterocycles. The van der Waals surface area contributed by atoms with Gasteiger partial charge in [-0.3, -0.25) is 4.79 Å². The van der Waals surface area contributed by atoms with Crippen LogP contribution in [0, 0.1) is 0 Å². The summed E-state index contributed by atoms with van der Waals surface area (Å²) in [5, 5.41) is 4.10. The van der Waals surface area contributed by atoms with Crippen molar-refractivity contribution in [3.05, 3.63) is 89.8 Å². The summed E-state index contributed by atoms with van der Waals surface area (Å²) in [6, 6.07) is 19.1. The van der Waals surface area contributed by atoms with Crippen LogP contribution in [0.2, 0.25) is 0 Å². The number of aromatic nitrogens is 2. The minimum Gasteiger partial charge on any atom is -0.497 e. The molecule has 1 atom stereocenters. The second kappa shape index (κ2) is 9.32. The molecule has 2 aromatic heterocycles. The minimum absolute atomic E-state index is 0.199. The predicted octanol–water partition coefficient (Wildman–Crippen LogP) is 5.30. The fraction of sp³-hybridized carbons (Fsp3) is 0.269.